The number of benzene rings is 1. The number of nitrogens with zero attached hydrogens (tertiary/aromatic N) is 1. The van der Waals surface area contributed by atoms with Gasteiger partial charge in [0.25, 0.3) is 0 Å². The molecule has 100 valence electrons. The Bertz CT molecular complexity index is 407. The van der Waals surface area contributed by atoms with E-state index in [9.17, 15) is 13.2 Å². The minimum absolute atomic E-state index is 0.243. The van der Waals surface area contributed by atoms with Crippen molar-refractivity contribution in [2.24, 2.45) is 5.73 Å². The molecule has 5 heteroatoms. The molecule has 2 atom stereocenters. The standard InChI is InChI=1S/C13H17F3N2/c1-18-8-4-7-11(17)12(18)9-5-2-3-6-10(9)13(14,15)16/h2-3,5-6,11-12H,4,7-8,17H2,1H3. The van der Waals surface area contributed by atoms with Gasteiger partial charge in [-0.2, -0.15) is 13.2 Å². The minimum Gasteiger partial charge on any atom is -0.326 e. The molecule has 1 aliphatic heterocycles. The minimum atomic E-state index is -4.32. The number of halogens is 3. The van der Waals surface area contributed by atoms with Gasteiger partial charge in [-0.15, -0.1) is 0 Å². The van der Waals surface area contributed by atoms with E-state index in [1.807, 2.05) is 11.9 Å². The Morgan fingerprint density at radius 2 is 1.94 bits per heavy atom. The normalized spacial score (nSPS) is 26.3. The van der Waals surface area contributed by atoms with Gasteiger partial charge in [-0.25, -0.2) is 0 Å². The second-order valence-electron chi connectivity index (χ2n) is 4.82. The van der Waals surface area contributed by atoms with Crippen molar-refractivity contribution < 1.29 is 13.2 Å². The van der Waals surface area contributed by atoms with Gasteiger partial charge in [-0.05, 0) is 38.1 Å². The molecule has 2 rings (SSSR count). The third kappa shape index (κ3) is 2.52. The number of rotatable bonds is 1. The summed E-state index contributed by atoms with van der Waals surface area (Å²) in [5.41, 5.74) is 5.73. The van der Waals surface area contributed by atoms with Gasteiger partial charge >= 0.3 is 6.18 Å². The largest absolute Gasteiger partial charge is 0.416 e. The Labute approximate surface area is 105 Å². The molecule has 0 aliphatic carbocycles. The highest BCUT2D eigenvalue weighted by Gasteiger charge is 2.38. The number of alkyl halides is 3. The average Bonchev–Trinajstić information content (AvgIpc) is 2.28. The Morgan fingerprint density at radius 1 is 1.28 bits per heavy atom. The summed E-state index contributed by atoms with van der Waals surface area (Å²) in [7, 11) is 1.83. The molecular formula is C13H17F3N2. The van der Waals surface area contributed by atoms with E-state index >= 15 is 0 Å². The summed E-state index contributed by atoms with van der Waals surface area (Å²) in [4.78, 5) is 1.92. The van der Waals surface area contributed by atoms with E-state index < -0.39 is 11.7 Å². The maximum Gasteiger partial charge on any atom is 0.416 e. The number of likely N-dealkylation sites (tertiary alicyclic amines) is 1. The molecule has 0 saturated carbocycles. The highest BCUT2D eigenvalue weighted by atomic mass is 19.4. The lowest BCUT2D eigenvalue weighted by Crippen LogP contribution is -2.44. The number of hydrogen-bond acceptors (Lipinski definition) is 2. The molecule has 0 radical (unpaired) electrons. The van der Waals surface area contributed by atoms with E-state index in [-0.39, 0.29) is 12.1 Å². The van der Waals surface area contributed by atoms with Crippen molar-refractivity contribution in [1.82, 2.24) is 4.90 Å². The quantitative estimate of drug-likeness (QED) is 0.839. The molecule has 2 unspecified atom stereocenters. The fraction of sp³-hybridized carbons (Fsp3) is 0.538. The Morgan fingerprint density at radius 3 is 2.56 bits per heavy atom. The molecule has 18 heavy (non-hydrogen) atoms. The van der Waals surface area contributed by atoms with Gasteiger partial charge in [-0.3, -0.25) is 4.90 Å². The molecule has 1 aromatic carbocycles. The molecule has 1 aliphatic rings. The van der Waals surface area contributed by atoms with Gasteiger partial charge in [0.15, 0.2) is 0 Å². The maximum absolute atomic E-state index is 13.0. The number of nitrogens with two attached hydrogens (primary N) is 1. The van der Waals surface area contributed by atoms with E-state index in [4.69, 9.17) is 5.73 Å². The van der Waals surface area contributed by atoms with Crippen molar-refractivity contribution in [1.29, 1.82) is 0 Å². The SMILES string of the molecule is CN1CCCC(N)C1c1ccccc1C(F)(F)F. The first-order valence-corrected chi connectivity index (χ1v) is 6.03. The van der Waals surface area contributed by atoms with Crippen molar-refractivity contribution in [3.05, 3.63) is 35.4 Å². The second kappa shape index (κ2) is 4.90. The first-order valence-electron chi connectivity index (χ1n) is 6.03. The smallest absolute Gasteiger partial charge is 0.326 e. The monoisotopic (exact) mass is 258 g/mol. The Balaban J connectivity index is 2.43. The molecule has 2 nitrogen and oxygen atoms in total. The molecule has 2 N–H and O–H groups in total. The fourth-order valence-corrected chi connectivity index (χ4v) is 2.68. The molecule has 1 aromatic rings. The molecule has 0 spiro atoms. The lowest BCUT2D eigenvalue weighted by atomic mass is 9.88. The fourth-order valence-electron chi connectivity index (χ4n) is 2.68. The molecule has 1 saturated heterocycles. The van der Waals surface area contributed by atoms with E-state index in [1.165, 1.54) is 12.1 Å². The van der Waals surface area contributed by atoms with Crippen molar-refractivity contribution in [2.75, 3.05) is 13.6 Å². The molecule has 0 amide bonds. The van der Waals surface area contributed by atoms with Gasteiger partial charge < -0.3 is 5.73 Å². The van der Waals surface area contributed by atoms with E-state index in [1.54, 1.807) is 6.07 Å². The van der Waals surface area contributed by atoms with Crippen LogP contribution in [0.25, 0.3) is 0 Å². The summed E-state index contributed by atoms with van der Waals surface area (Å²) in [5.74, 6) is 0. The summed E-state index contributed by atoms with van der Waals surface area (Å²) in [6.45, 7) is 0.782. The zero-order valence-electron chi connectivity index (χ0n) is 10.2. The molecule has 1 heterocycles. The number of likely N-dealkylation sites (N-methyl/N-ethyl adjacent to an activating group) is 1. The van der Waals surface area contributed by atoms with Crippen LogP contribution in [0.3, 0.4) is 0 Å². The van der Waals surface area contributed by atoms with Gasteiger partial charge in [0.1, 0.15) is 0 Å². The van der Waals surface area contributed by atoms with Crippen LogP contribution in [0, 0.1) is 0 Å². The Hall–Kier alpha value is -1.07. The van der Waals surface area contributed by atoms with Crippen LogP contribution >= 0.6 is 0 Å². The van der Waals surface area contributed by atoms with E-state index in [0.717, 1.165) is 25.5 Å². The van der Waals surface area contributed by atoms with Crippen LogP contribution in [0.15, 0.2) is 24.3 Å². The summed E-state index contributed by atoms with van der Waals surface area (Å²) in [6, 6.07) is 5.13. The lowest BCUT2D eigenvalue weighted by Gasteiger charge is -2.38. The molecule has 0 aromatic heterocycles. The zero-order chi connectivity index (χ0) is 13.3. The Kier molecular flexibility index (Phi) is 3.64. The van der Waals surface area contributed by atoms with Crippen LogP contribution in [0.1, 0.15) is 30.0 Å². The number of hydrogen-bond donors (Lipinski definition) is 1. The summed E-state index contributed by atoms with van der Waals surface area (Å²) in [6.07, 6.45) is -2.63. The van der Waals surface area contributed by atoms with Crippen LogP contribution in [0.4, 0.5) is 13.2 Å². The third-order valence-corrected chi connectivity index (χ3v) is 3.51. The van der Waals surface area contributed by atoms with Crippen molar-refractivity contribution >= 4 is 0 Å². The van der Waals surface area contributed by atoms with Crippen molar-refractivity contribution in [2.45, 2.75) is 31.1 Å². The van der Waals surface area contributed by atoms with Crippen molar-refractivity contribution in [3.63, 3.8) is 0 Å². The highest BCUT2D eigenvalue weighted by Crippen LogP contribution is 2.38. The predicted octanol–water partition coefficient (Wildman–Crippen LogP) is 2.80. The van der Waals surface area contributed by atoms with Crippen molar-refractivity contribution in [3.8, 4) is 0 Å². The first kappa shape index (κ1) is 13.4. The van der Waals surface area contributed by atoms with Gasteiger partial charge in [0.05, 0.1) is 11.6 Å². The van der Waals surface area contributed by atoms with Crippen LogP contribution in [-0.2, 0) is 6.18 Å². The molecule has 0 bridgehead atoms. The van der Waals surface area contributed by atoms with Crippen LogP contribution in [0.2, 0.25) is 0 Å². The third-order valence-electron chi connectivity index (χ3n) is 3.51. The molecule has 1 fully saturated rings. The average molecular weight is 258 g/mol. The topological polar surface area (TPSA) is 29.3 Å². The van der Waals surface area contributed by atoms with E-state index in [0.29, 0.717) is 5.56 Å². The first-order chi connectivity index (χ1) is 8.41. The van der Waals surface area contributed by atoms with Gasteiger partial charge in [0.2, 0.25) is 0 Å². The van der Waals surface area contributed by atoms with Crippen LogP contribution < -0.4 is 5.73 Å². The predicted molar refractivity (Wildman–Crippen MR) is 64.0 cm³/mol. The molecular weight excluding hydrogens is 241 g/mol. The maximum atomic E-state index is 13.0. The van der Waals surface area contributed by atoms with Crippen LogP contribution in [-0.4, -0.2) is 24.5 Å². The zero-order valence-corrected chi connectivity index (χ0v) is 10.2. The highest BCUT2D eigenvalue weighted by molar-refractivity contribution is 5.33. The number of piperidine rings is 1. The lowest BCUT2D eigenvalue weighted by molar-refractivity contribution is -0.138. The summed E-state index contributed by atoms with van der Waals surface area (Å²) in [5, 5.41) is 0. The van der Waals surface area contributed by atoms with Gasteiger partial charge in [-0.1, -0.05) is 18.2 Å². The second-order valence-corrected chi connectivity index (χ2v) is 4.82. The summed E-state index contributed by atoms with van der Waals surface area (Å²) < 4.78 is 39.0. The van der Waals surface area contributed by atoms with Crippen LogP contribution in [0.5, 0.6) is 0 Å². The van der Waals surface area contributed by atoms with E-state index in [2.05, 4.69) is 0 Å². The van der Waals surface area contributed by atoms with Gasteiger partial charge in [0, 0.05) is 6.04 Å². The summed E-state index contributed by atoms with van der Waals surface area (Å²) >= 11 is 0.